The molecule has 22 heavy (non-hydrogen) atoms. The minimum absolute atomic E-state index is 0.150. The Morgan fingerprint density at radius 3 is 2.41 bits per heavy atom. The van der Waals surface area contributed by atoms with E-state index in [1.807, 2.05) is 25.5 Å². The molecular weight excluding hydrogens is 306 g/mol. The van der Waals surface area contributed by atoms with E-state index < -0.39 is 15.9 Å². The van der Waals surface area contributed by atoms with Crippen LogP contribution in [-0.4, -0.2) is 30.7 Å². The van der Waals surface area contributed by atoms with E-state index in [0.29, 0.717) is 11.4 Å². The van der Waals surface area contributed by atoms with Gasteiger partial charge >= 0.3 is 0 Å². The number of carbonyl (C=O) groups is 1. The Balaban J connectivity index is 2.45. The topological polar surface area (TPSA) is 102 Å². The predicted molar refractivity (Wildman–Crippen MR) is 80.7 cm³/mol. The minimum atomic E-state index is -3.65. The predicted octanol–water partition coefficient (Wildman–Crippen LogP) is 1.72. The van der Waals surface area contributed by atoms with E-state index in [1.165, 1.54) is 6.07 Å². The highest BCUT2D eigenvalue weighted by molar-refractivity contribution is 7.89. The Hall–Kier alpha value is -2.22. The summed E-state index contributed by atoms with van der Waals surface area (Å²) in [6.45, 7) is 5.80. The fourth-order valence-corrected chi connectivity index (χ4v) is 2.18. The zero-order valence-corrected chi connectivity index (χ0v) is 13.6. The molecule has 0 radical (unpaired) electrons. The molecule has 1 N–H and O–H groups in total. The number of hydrogen-bond donors (Lipinski definition) is 1. The van der Waals surface area contributed by atoms with Crippen LogP contribution in [0.3, 0.4) is 0 Å². The first-order chi connectivity index (χ1) is 10.1. The molecule has 0 spiro atoms. The van der Waals surface area contributed by atoms with Crippen molar-refractivity contribution in [3.8, 4) is 11.5 Å². The number of amides is 1. The molecule has 2 aromatic rings. The van der Waals surface area contributed by atoms with Gasteiger partial charge in [0.25, 0.3) is 11.8 Å². The van der Waals surface area contributed by atoms with Gasteiger partial charge in [0.2, 0.25) is 10.0 Å². The lowest BCUT2D eigenvalue weighted by Gasteiger charge is -2.11. The highest BCUT2D eigenvalue weighted by Crippen LogP contribution is 2.26. The van der Waals surface area contributed by atoms with Gasteiger partial charge in [0.1, 0.15) is 0 Å². The van der Waals surface area contributed by atoms with Crippen molar-refractivity contribution in [1.82, 2.24) is 14.9 Å². The monoisotopic (exact) mass is 323 g/mol. The molecule has 1 aromatic heterocycles. The molecule has 1 heterocycles. The zero-order valence-electron chi connectivity index (χ0n) is 12.7. The van der Waals surface area contributed by atoms with Gasteiger partial charge in [-0.25, -0.2) is 13.1 Å². The van der Waals surface area contributed by atoms with Gasteiger partial charge < -0.3 is 4.52 Å². The number of benzene rings is 1. The number of nitrogens with one attached hydrogen (secondary N) is 1. The van der Waals surface area contributed by atoms with Crippen LogP contribution in [0.1, 0.15) is 37.0 Å². The molecule has 1 amide bonds. The van der Waals surface area contributed by atoms with Crippen molar-refractivity contribution in [2.75, 3.05) is 6.26 Å². The summed E-state index contributed by atoms with van der Waals surface area (Å²) in [5.41, 5.74) is 0.231. The Kier molecular flexibility index (Phi) is 4.06. The Labute approximate surface area is 128 Å². The second-order valence-corrected chi connectivity index (χ2v) is 7.67. The summed E-state index contributed by atoms with van der Waals surface area (Å²) >= 11 is 0. The molecule has 0 aliphatic carbocycles. The van der Waals surface area contributed by atoms with Gasteiger partial charge in [-0.05, 0) is 12.1 Å². The Bertz CT molecular complexity index is 803. The lowest BCUT2D eigenvalue weighted by Crippen LogP contribution is -2.29. The fraction of sp³-hybridized carbons (Fsp3) is 0.357. The maximum Gasteiger partial charge on any atom is 0.265 e. The number of sulfonamides is 1. The molecule has 118 valence electrons. The van der Waals surface area contributed by atoms with Crippen molar-refractivity contribution < 1.29 is 17.7 Å². The van der Waals surface area contributed by atoms with Crippen LogP contribution in [0.15, 0.2) is 28.8 Å². The number of carbonyl (C=O) groups excluding carboxylic acids is 1. The zero-order chi connectivity index (χ0) is 16.5. The van der Waals surface area contributed by atoms with Crippen LogP contribution < -0.4 is 4.72 Å². The molecule has 0 aliphatic rings. The van der Waals surface area contributed by atoms with Gasteiger partial charge in [-0.3, -0.25) is 4.79 Å². The first-order valence-corrected chi connectivity index (χ1v) is 8.43. The molecule has 0 unspecified atom stereocenters. The maximum atomic E-state index is 12.1. The molecule has 0 bridgehead atoms. The van der Waals surface area contributed by atoms with Crippen LogP contribution in [-0.2, 0) is 15.4 Å². The molecule has 0 aliphatic heterocycles. The smallest absolute Gasteiger partial charge is 0.265 e. The van der Waals surface area contributed by atoms with E-state index in [4.69, 9.17) is 4.52 Å². The molecule has 8 heteroatoms. The first-order valence-electron chi connectivity index (χ1n) is 6.53. The molecule has 2 rings (SSSR count). The van der Waals surface area contributed by atoms with Crippen molar-refractivity contribution in [2.45, 2.75) is 26.2 Å². The van der Waals surface area contributed by atoms with E-state index in [0.717, 1.165) is 6.26 Å². The summed E-state index contributed by atoms with van der Waals surface area (Å²) in [5.74, 6) is -0.0707. The number of hydrogen-bond acceptors (Lipinski definition) is 6. The summed E-state index contributed by atoms with van der Waals surface area (Å²) in [6, 6.07) is 6.45. The van der Waals surface area contributed by atoms with Crippen molar-refractivity contribution in [1.29, 1.82) is 0 Å². The number of aromatic nitrogens is 2. The average Bonchev–Trinajstić information content (AvgIpc) is 2.86. The molecule has 0 atom stereocenters. The van der Waals surface area contributed by atoms with Crippen molar-refractivity contribution in [3.63, 3.8) is 0 Å². The van der Waals surface area contributed by atoms with E-state index in [9.17, 15) is 13.2 Å². The van der Waals surface area contributed by atoms with Gasteiger partial charge in [-0.2, -0.15) is 4.98 Å². The summed E-state index contributed by atoms with van der Waals surface area (Å²) < 4.78 is 29.6. The van der Waals surface area contributed by atoms with Crippen molar-refractivity contribution in [2.24, 2.45) is 0 Å². The lowest BCUT2D eigenvalue weighted by molar-refractivity contribution is 0.0982. The number of nitrogens with zero attached hydrogens (tertiary/aromatic N) is 2. The minimum Gasteiger partial charge on any atom is -0.334 e. The van der Waals surface area contributed by atoms with Gasteiger partial charge in [0.15, 0.2) is 5.82 Å². The standard InChI is InChI=1S/C14H17N3O4S/c1-14(2,3)13-15-12(21-16-13)10-8-6-5-7-9(10)11(18)17-22(4,19)20/h5-8H,1-4H3,(H,17,18). The summed E-state index contributed by atoms with van der Waals surface area (Å²) in [7, 11) is -3.65. The maximum absolute atomic E-state index is 12.1. The van der Waals surface area contributed by atoms with Gasteiger partial charge in [-0.15, -0.1) is 0 Å². The SMILES string of the molecule is CC(C)(C)c1noc(-c2ccccc2C(=O)NS(C)(=O)=O)n1. The summed E-state index contributed by atoms with van der Waals surface area (Å²) in [5, 5.41) is 3.90. The number of rotatable bonds is 3. The third-order valence-corrected chi connectivity index (χ3v) is 3.33. The van der Waals surface area contributed by atoms with Crippen LogP contribution in [0.5, 0.6) is 0 Å². The van der Waals surface area contributed by atoms with Crippen LogP contribution in [0.2, 0.25) is 0 Å². The Morgan fingerprint density at radius 1 is 1.23 bits per heavy atom. The van der Waals surface area contributed by atoms with Gasteiger partial charge in [-0.1, -0.05) is 38.1 Å². The Morgan fingerprint density at radius 2 is 1.86 bits per heavy atom. The first kappa shape index (κ1) is 16.2. The normalized spacial score (nSPS) is 12.2. The van der Waals surface area contributed by atoms with Crippen LogP contribution >= 0.6 is 0 Å². The van der Waals surface area contributed by atoms with E-state index in [-0.39, 0.29) is 16.9 Å². The highest BCUT2D eigenvalue weighted by atomic mass is 32.2. The molecule has 0 saturated carbocycles. The molecule has 7 nitrogen and oxygen atoms in total. The van der Waals surface area contributed by atoms with Gasteiger partial charge in [0.05, 0.1) is 17.4 Å². The van der Waals surface area contributed by atoms with E-state index in [1.54, 1.807) is 18.2 Å². The van der Waals surface area contributed by atoms with Crippen molar-refractivity contribution in [3.05, 3.63) is 35.7 Å². The third-order valence-electron chi connectivity index (χ3n) is 2.78. The van der Waals surface area contributed by atoms with Crippen LogP contribution in [0.25, 0.3) is 11.5 Å². The fourth-order valence-electron chi connectivity index (χ4n) is 1.73. The second kappa shape index (κ2) is 5.53. The lowest BCUT2D eigenvalue weighted by atomic mass is 9.96. The second-order valence-electron chi connectivity index (χ2n) is 5.92. The average molecular weight is 323 g/mol. The molecular formula is C14H17N3O4S. The molecule has 0 fully saturated rings. The van der Waals surface area contributed by atoms with Gasteiger partial charge in [0, 0.05) is 5.41 Å². The van der Waals surface area contributed by atoms with Crippen molar-refractivity contribution >= 4 is 15.9 Å². The molecule has 0 saturated heterocycles. The van der Waals surface area contributed by atoms with Crippen LogP contribution in [0.4, 0.5) is 0 Å². The van der Waals surface area contributed by atoms with E-state index >= 15 is 0 Å². The molecule has 1 aromatic carbocycles. The quantitative estimate of drug-likeness (QED) is 0.922. The third kappa shape index (κ3) is 3.70. The summed E-state index contributed by atoms with van der Waals surface area (Å²) in [6.07, 6.45) is 0.915. The largest absolute Gasteiger partial charge is 0.334 e. The van der Waals surface area contributed by atoms with Crippen LogP contribution in [0, 0.1) is 0 Å². The summed E-state index contributed by atoms with van der Waals surface area (Å²) in [4.78, 5) is 16.4. The highest BCUT2D eigenvalue weighted by Gasteiger charge is 2.24. The van der Waals surface area contributed by atoms with E-state index in [2.05, 4.69) is 10.1 Å².